The highest BCUT2D eigenvalue weighted by molar-refractivity contribution is 6.02. The summed E-state index contributed by atoms with van der Waals surface area (Å²) in [6.07, 6.45) is 0.743. The van der Waals surface area contributed by atoms with Crippen molar-refractivity contribution in [3.05, 3.63) is 53.6 Å². The molecule has 2 aromatic carbocycles. The molecule has 0 radical (unpaired) electrons. The van der Waals surface area contributed by atoms with Crippen molar-refractivity contribution >= 4 is 23.8 Å². The lowest BCUT2D eigenvalue weighted by atomic mass is 10.1. The van der Waals surface area contributed by atoms with Crippen molar-refractivity contribution in [3.8, 4) is 11.5 Å². The topological polar surface area (TPSA) is 76.2 Å². The van der Waals surface area contributed by atoms with Gasteiger partial charge in [-0.3, -0.25) is 14.4 Å². The van der Waals surface area contributed by atoms with Gasteiger partial charge in [-0.2, -0.15) is 0 Å². The number of aldehydes is 1. The van der Waals surface area contributed by atoms with E-state index in [9.17, 15) is 14.4 Å². The zero-order chi connectivity index (χ0) is 18.1. The molecule has 0 atom stereocenters. The number of ether oxygens (including phenoxy) is 2. The van der Waals surface area contributed by atoms with Gasteiger partial charge in [0.2, 0.25) is 12.7 Å². The predicted molar refractivity (Wildman–Crippen MR) is 92.7 cm³/mol. The number of carbonyl (C=O) groups excluding carboxylic acids is 3. The van der Waals surface area contributed by atoms with Crippen molar-refractivity contribution < 1.29 is 23.9 Å². The van der Waals surface area contributed by atoms with E-state index < -0.39 is 0 Å². The maximum atomic E-state index is 12.7. The second-order valence-electron chi connectivity index (χ2n) is 6.05. The van der Waals surface area contributed by atoms with Crippen LogP contribution in [0.15, 0.2) is 42.5 Å². The lowest BCUT2D eigenvalue weighted by molar-refractivity contribution is -0.120. The molecule has 0 aliphatic carbocycles. The Hall–Kier alpha value is -3.35. The molecule has 0 bridgehead atoms. The molecule has 132 valence electrons. The van der Waals surface area contributed by atoms with Crippen LogP contribution in [-0.2, 0) is 4.79 Å². The number of anilines is 1. The van der Waals surface area contributed by atoms with Crippen LogP contribution in [0.3, 0.4) is 0 Å². The van der Waals surface area contributed by atoms with E-state index >= 15 is 0 Å². The minimum atomic E-state index is -0.224. The molecule has 0 saturated carbocycles. The number of benzene rings is 2. The summed E-state index contributed by atoms with van der Waals surface area (Å²) in [6, 6.07) is 11.9. The lowest BCUT2D eigenvalue weighted by Crippen LogP contribution is -2.52. The second-order valence-corrected chi connectivity index (χ2v) is 6.05. The molecular weight excluding hydrogens is 336 g/mol. The lowest BCUT2D eigenvalue weighted by Gasteiger charge is -2.34. The molecule has 26 heavy (non-hydrogen) atoms. The first-order valence-electron chi connectivity index (χ1n) is 8.20. The Labute approximate surface area is 149 Å². The van der Waals surface area contributed by atoms with Gasteiger partial charge in [0, 0.05) is 29.9 Å². The minimum Gasteiger partial charge on any atom is -0.454 e. The monoisotopic (exact) mass is 352 g/mol. The summed E-state index contributed by atoms with van der Waals surface area (Å²) in [4.78, 5) is 39.3. The minimum absolute atomic E-state index is 0.0153. The van der Waals surface area contributed by atoms with Crippen LogP contribution in [0.1, 0.15) is 20.7 Å². The maximum absolute atomic E-state index is 12.7. The SMILES string of the molecule is O=Cc1cccc(N2CCN(C(=O)c3ccc4c(c3)OCO4)CC2=O)c1. The molecule has 4 rings (SSSR count). The van der Waals surface area contributed by atoms with Crippen LogP contribution in [0.2, 0.25) is 0 Å². The summed E-state index contributed by atoms with van der Waals surface area (Å²) in [5.41, 5.74) is 1.63. The van der Waals surface area contributed by atoms with Crippen molar-refractivity contribution in [1.29, 1.82) is 0 Å². The fraction of sp³-hybridized carbons (Fsp3) is 0.211. The Morgan fingerprint density at radius 3 is 2.69 bits per heavy atom. The standard InChI is InChI=1S/C19H16N2O5/c22-11-13-2-1-3-15(8-13)21-7-6-20(10-18(21)23)19(24)14-4-5-16-17(9-14)26-12-25-16/h1-5,8-9,11H,6-7,10,12H2. The first-order chi connectivity index (χ1) is 12.7. The van der Waals surface area contributed by atoms with Crippen molar-refractivity contribution in [2.75, 3.05) is 31.3 Å². The van der Waals surface area contributed by atoms with E-state index in [0.717, 1.165) is 6.29 Å². The first kappa shape index (κ1) is 16.1. The molecule has 1 saturated heterocycles. The number of hydrogen-bond acceptors (Lipinski definition) is 5. The Morgan fingerprint density at radius 2 is 1.88 bits per heavy atom. The number of carbonyl (C=O) groups is 3. The van der Waals surface area contributed by atoms with Gasteiger partial charge in [0.05, 0.1) is 0 Å². The third-order valence-corrected chi connectivity index (χ3v) is 4.45. The summed E-state index contributed by atoms with van der Waals surface area (Å²) in [7, 11) is 0. The second kappa shape index (κ2) is 6.51. The van der Waals surface area contributed by atoms with E-state index in [1.165, 1.54) is 4.90 Å². The molecule has 0 unspecified atom stereocenters. The molecule has 0 spiro atoms. The normalized spacial score (nSPS) is 15.9. The average molecular weight is 352 g/mol. The Bertz CT molecular complexity index is 895. The van der Waals surface area contributed by atoms with Gasteiger partial charge in [0.25, 0.3) is 5.91 Å². The van der Waals surface area contributed by atoms with Crippen molar-refractivity contribution in [2.24, 2.45) is 0 Å². The molecule has 1 fully saturated rings. The quantitative estimate of drug-likeness (QED) is 0.786. The fourth-order valence-corrected chi connectivity index (χ4v) is 3.10. The Balaban J connectivity index is 1.48. The van der Waals surface area contributed by atoms with E-state index in [0.29, 0.717) is 41.4 Å². The highest BCUT2D eigenvalue weighted by Crippen LogP contribution is 2.33. The maximum Gasteiger partial charge on any atom is 0.254 e. The van der Waals surface area contributed by atoms with Crippen LogP contribution >= 0.6 is 0 Å². The number of nitrogens with zero attached hydrogens (tertiary/aromatic N) is 2. The number of fused-ring (bicyclic) bond motifs is 1. The van der Waals surface area contributed by atoms with E-state index in [4.69, 9.17) is 9.47 Å². The predicted octanol–water partition coefficient (Wildman–Crippen LogP) is 1.72. The van der Waals surface area contributed by atoms with Crippen LogP contribution in [-0.4, -0.2) is 49.4 Å². The average Bonchev–Trinajstić information content (AvgIpc) is 3.15. The molecule has 0 aromatic heterocycles. The molecule has 7 heteroatoms. The zero-order valence-electron chi connectivity index (χ0n) is 13.9. The van der Waals surface area contributed by atoms with Gasteiger partial charge >= 0.3 is 0 Å². The Kier molecular flexibility index (Phi) is 4.04. The van der Waals surface area contributed by atoms with Crippen molar-refractivity contribution in [2.45, 2.75) is 0 Å². The molecular formula is C19H16N2O5. The van der Waals surface area contributed by atoms with Crippen LogP contribution < -0.4 is 14.4 Å². The highest BCUT2D eigenvalue weighted by atomic mass is 16.7. The van der Waals surface area contributed by atoms with Crippen molar-refractivity contribution in [1.82, 2.24) is 4.90 Å². The molecule has 2 aromatic rings. The summed E-state index contributed by atoms with van der Waals surface area (Å²) in [5, 5.41) is 0. The molecule has 2 aliphatic heterocycles. The zero-order valence-corrected chi connectivity index (χ0v) is 13.9. The van der Waals surface area contributed by atoms with Crippen molar-refractivity contribution in [3.63, 3.8) is 0 Å². The van der Waals surface area contributed by atoms with Crippen LogP contribution in [0, 0.1) is 0 Å². The smallest absolute Gasteiger partial charge is 0.254 e. The molecule has 2 heterocycles. The van der Waals surface area contributed by atoms with Gasteiger partial charge < -0.3 is 19.3 Å². The van der Waals surface area contributed by atoms with Gasteiger partial charge in [-0.05, 0) is 30.3 Å². The summed E-state index contributed by atoms with van der Waals surface area (Å²) < 4.78 is 10.5. The molecule has 2 amide bonds. The summed E-state index contributed by atoms with van der Waals surface area (Å²) in [5.74, 6) is 0.732. The van der Waals surface area contributed by atoms with E-state index in [-0.39, 0.29) is 25.2 Å². The molecule has 0 N–H and O–H groups in total. The van der Waals surface area contributed by atoms with Gasteiger partial charge in [0.1, 0.15) is 12.8 Å². The number of rotatable bonds is 3. The van der Waals surface area contributed by atoms with Crippen LogP contribution in [0.4, 0.5) is 5.69 Å². The van der Waals surface area contributed by atoms with Gasteiger partial charge in [-0.15, -0.1) is 0 Å². The molecule has 7 nitrogen and oxygen atoms in total. The number of amides is 2. The van der Waals surface area contributed by atoms with Crippen LogP contribution in [0.5, 0.6) is 11.5 Å². The Morgan fingerprint density at radius 1 is 1.04 bits per heavy atom. The molecule has 2 aliphatic rings. The third-order valence-electron chi connectivity index (χ3n) is 4.45. The van der Waals surface area contributed by atoms with Crippen LogP contribution in [0.25, 0.3) is 0 Å². The fourth-order valence-electron chi connectivity index (χ4n) is 3.10. The van der Waals surface area contributed by atoms with Gasteiger partial charge in [0.15, 0.2) is 11.5 Å². The van der Waals surface area contributed by atoms with Gasteiger partial charge in [-0.1, -0.05) is 12.1 Å². The number of hydrogen-bond donors (Lipinski definition) is 0. The third kappa shape index (κ3) is 2.88. The largest absolute Gasteiger partial charge is 0.454 e. The highest BCUT2D eigenvalue weighted by Gasteiger charge is 2.29. The number of piperazine rings is 1. The summed E-state index contributed by atoms with van der Waals surface area (Å²) >= 11 is 0. The van der Waals surface area contributed by atoms with E-state index in [1.54, 1.807) is 47.4 Å². The van der Waals surface area contributed by atoms with Gasteiger partial charge in [-0.25, -0.2) is 0 Å². The van der Waals surface area contributed by atoms with E-state index in [1.807, 2.05) is 0 Å². The first-order valence-corrected chi connectivity index (χ1v) is 8.20. The summed E-state index contributed by atoms with van der Waals surface area (Å²) in [6.45, 7) is 0.907. The van der Waals surface area contributed by atoms with E-state index in [2.05, 4.69) is 0 Å².